The van der Waals surface area contributed by atoms with Crippen molar-refractivity contribution in [2.24, 2.45) is 18.9 Å². The van der Waals surface area contributed by atoms with Crippen LogP contribution in [0.1, 0.15) is 45.6 Å². The van der Waals surface area contributed by atoms with Crippen molar-refractivity contribution in [1.82, 2.24) is 23.9 Å². The van der Waals surface area contributed by atoms with E-state index in [-0.39, 0.29) is 42.3 Å². The Morgan fingerprint density at radius 2 is 1.73 bits per heavy atom. The van der Waals surface area contributed by atoms with Gasteiger partial charge in [0.15, 0.2) is 0 Å². The summed E-state index contributed by atoms with van der Waals surface area (Å²) in [6.45, 7) is 9.60. The van der Waals surface area contributed by atoms with Gasteiger partial charge in [-0.2, -0.15) is 9.40 Å². The molecule has 0 spiro atoms. The molecule has 1 aromatic carbocycles. The summed E-state index contributed by atoms with van der Waals surface area (Å²) < 4.78 is 56.0. The minimum Gasteiger partial charge on any atom is -0.457 e. The summed E-state index contributed by atoms with van der Waals surface area (Å²) in [7, 11) is -0.0123. The smallest absolute Gasteiger partial charge is 0.410 e. The first-order chi connectivity index (χ1) is 24.2. The molecule has 15 heteroatoms. The number of aryl methyl sites for hydroxylation is 1. The maximum atomic E-state index is 15.0. The largest absolute Gasteiger partial charge is 0.457 e. The second-order valence-electron chi connectivity index (χ2n) is 14.1. The molecule has 4 heterocycles. The van der Waals surface area contributed by atoms with E-state index >= 15 is 4.39 Å². The number of esters is 1. The van der Waals surface area contributed by atoms with Gasteiger partial charge in [0.25, 0.3) is 0 Å². The Morgan fingerprint density at radius 1 is 1.02 bits per heavy atom. The number of benzene rings is 1. The molecule has 5 atom stereocenters. The number of hydrogen-bond acceptors (Lipinski definition) is 10. The van der Waals surface area contributed by atoms with Crippen LogP contribution >= 0.6 is 0 Å². The Kier molecular flexibility index (Phi) is 12.6. The molecule has 1 N–H and O–H groups in total. The zero-order valence-corrected chi connectivity index (χ0v) is 31.0. The summed E-state index contributed by atoms with van der Waals surface area (Å²) in [4.78, 5) is 32.0. The third kappa shape index (κ3) is 9.96. The highest BCUT2D eigenvalue weighted by molar-refractivity contribution is 7.89. The normalized spacial score (nSPS) is 26.7. The summed E-state index contributed by atoms with van der Waals surface area (Å²) in [5, 5.41) is 14.6. The molecule has 1 amide bonds. The monoisotopic (exact) mass is 730 g/mol. The Labute approximate surface area is 300 Å². The van der Waals surface area contributed by atoms with Crippen LogP contribution in [0.2, 0.25) is 0 Å². The number of nitrogens with zero attached hydrogens (tertiary/aromatic N) is 6. The van der Waals surface area contributed by atoms with E-state index in [0.29, 0.717) is 55.8 Å². The number of likely N-dealkylation sites (N-methyl/N-ethyl adjacent to an activating group) is 1. The molecule has 5 rings (SSSR count). The van der Waals surface area contributed by atoms with E-state index in [1.165, 1.54) is 33.5 Å². The van der Waals surface area contributed by atoms with Crippen molar-refractivity contribution in [2.45, 2.75) is 63.2 Å². The Bertz CT molecular complexity index is 1700. The summed E-state index contributed by atoms with van der Waals surface area (Å²) >= 11 is 0. The highest BCUT2D eigenvalue weighted by Crippen LogP contribution is 2.28. The predicted octanol–water partition coefficient (Wildman–Crippen LogP) is 3.51. The number of rotatable bonds is 6. The molecule has 3 aliphatic heterocycles. The lowest BCUT2D eigenvalue weighted by atomic mass is 9.91. The van der Waals surface area contributed by atoms with Gasteiger partial charge in [0.2, 0.25) is 10.0 Å². The molecule has 280 valence electrons. The van der Waals surface area contributed by atoms with Gasteiger partial charge >= 0.3 is 12.1 Å². The van der Waals surface area contributed by atoms with Gasteiger partial charge in [0, 0.05) is 77.2 Å². The maximum Gasteiger partial charge on any atom is 0.410 e. The minimum atomic E-state index is -3.69. The third-order valence-electron chi connectivity index (χ3n) is 9.93. The molecule has 0 radical (unpaired) electrons. The molecule has 0 bridgehead atoms. The SMILES string of the molecule is C/C(=C\c1cc(F)cc(N2CCN(S(=O)(=O)c3cnn(C)c3)CC2)c1)[C@H]1OC(=O)C[C@H](O)CC[C@H](C)[C@@H](OC(=O)N2CCN(C)CC2)C=C[C@@H]1C. The van der Waals surface area contributed by atoms with Gasteiger partial charge in [-0.15, -0.1) is 0 Å². The van der Waals surface area contributed by atoms with E-state index in [9.17, 15) is 23.1 Å². The molecule has 2 saturated heterocycles. The standard InChI is InChI=1S/C36H51FN6O7S/c1-25-6-8-31(44)22-34(45)50-35(26(2)7-9-33(25)49-36(46)42-12-10-39(4)11-13-42)27(3)18-28-19-29(37)21-30(20-28)41-14-16-43(17-15-41)51(47,48)32-23-38-40(5)24-32/h7,9,18-21,23-26,31,33,35,44H,6,8,10-17,22H2,1-5H3/b9-7?,27-18+/t25-,26-,31+,33-,35-/m0/s1. The molecule has 13 nitrogen and oxygen atoms in total. The number of aliphatic hydroxyl groups is 1. The van der Waals surface area contributed by atoms with Crippen molar-refractivity contribution in [2.75, 3.05) is 64.3 Å². The van der Waals surface area contributed by atoms with Crippen molar-refractivity contribution in [3.8, 4) is 0 Å². The van der Waals surface area contributed by atoms with E-state index in [4.69, 9.17) is 9.47 Å². The maximum absolute atomic E-state index is 15.0. The predicted molar refractivity (Wildman–Crippen MR) is 191 cm³/mol. The van der Waals surface area contributed by atoms with Crippen LogP contribution in [0.25, 0.3) is 6.08 Å². The summed E-state index contributed by atoms with van der Waals surface area (Å²) in [5.41, 5.74) is 1.83. The number of hydrogen-bond donors (Lipinski definition) is 1. The van der Waals surface area contributed by atoms with E-state index in [1.54, 1.807) is 18.0 Å². The molecular formula is C36H51FN6O7S. The summed E-state index contributed by atoms with van der Waals surface area (Å²) in [6, 6.07) is 4.65. The molecular weight excluding hydrogens is 679 g/mol. The molecule has 3 aliphatic rings. The number of carbonyl (C=O) groups excluding carboxylic acids is 2. The first-order valence-corrected chi connectivity index (χ1v) is 19.1. The Hall–Kier alpha value is -3.79. The van der Waals surface area contributed by atoms with Crippen molar-refractivity contribution in [1.29, 1.82) is 0 Å². The highest BCUT2D eigenvalue weighted by atomic mass is 32.2. The molecule has 0 unspecified atom stereocenters. The number of aromatic nitrogens is 2. The molecule has 1 aromatic heterocycles. The third-order valence-corrected chi connectivity index (χ3v) is 11.8. The summed E-state index contributed by atoms with van der Waals surface area (Å²) in [6.07, 6.45) is 6.46. The lowest BCUT2D eigenvalue weighted by Crippen LogP contribution is -2.48. The number of anilines is 1. The lowest BCUT2D eigenvalue weighted by molar-refractivity contribution is -0.151. The number of cyclic esters (lactones) is 1. The first kappa shape index (κ1) is 38.4. The van der Waals surface area contributed by atoms with Gasteiger partial charge in [0.1, 0.15) is 22.9 Å². The average molecular weight is 731 g/mol. The number of sulfonamides is 1. The van der Waals surface area contributed by atoms with Crippen LogP contribution in [0.5, 0.6) is 0 Å². The zero-order valence-electron chi connectivity index (χ0n) is 30.1. The van der Waals surface area contributed by atoms with Crippen molar-refractivity contribution in [3.63, 3.8) is 0 Å². The van der Waals surface area contributed by atoms with Gasteiger partial charge in [-0.3, -0.25) is 9.48 Å². The highest BCUT2D eigenvalue weighted by Gasteiger charge is 2.31. The van der Waals surface area contributed by atoms with Gasteiger partial charge < -0.3 is 29.3 Å². The van der Waals surface area contributed by atoms with Crippen LogP contribution < -0.4 is 4.90 Å². The van der Waals surface area contributed by atoms with Crippen LogP contribution in [-0.4, -0.2) is 127 Å². The first-order valence-electron chi connectivity index (χ1n) is 17.6. The van der Waals surface area contributed by atoms with Crippen molar-refractivity contribution in [3.05, 3.63) is 59.7 Å². The molecule has 51 heavy (non-hydrogen) atoms. The quantitative estimate of drug-likeness (QED) is 0.347. The van der Waals surface area contributed by atoms with E-state index in [0.717, 1.165) is 13.1 Å². The van der Waals surface area contributed by atoms with E-state index in [2.05, 4.69) is 10.00 Å². The fourth-order valence-corrected chi connectivity index (χ4v) is 8.11. The van der Waals surface area contributed by atoms with Crippen LogP contribution in [0.4, 0.5) is 14.9 Å². The number of amides is 1. The van der Waals surface area contributed by atoms with Gasteiger partial charge in [0.05, 0.1) is 18.7 Å². The van der Waals surface area contributed by atoms with Crippen LogP contribution in [-0.2, 0) is 31.3 Å². The number of halogens is 1. The molecule has 0 saturated carbocycles. The molecule has 2 fully saturated rings. The Morgan fingerprint density at radius 3 is 2.39 bits per heavy atom. The van der Waals surface area contributed by atoms with Gasteiger partial charge in [-0.05, 0) is 68.1 Å². The van der Waals surface area contributed by atoms with Crippen molar-refractivity contribution >= 4 is 33.8 Å². The second kappa shape index (κ2) is 16.7. The number of carbonyl (C=O) groups is 2. The average Bonchev–Trinajstić information content (AvgIpc) is 3.54. The van der Waals surface area contributed by atoms with Crippen LogP contribution in [0.15, 0.2) is 53.2 Å². The van der Waals surface area contributed by atoms with Gasteiger partial charge in [-0.25, -0.2) is 17.6 Å². The van der Waals surface area contributed by atoms with Crippen LogP contribution in [0.3, 0.4) is 0 Å². The molecule has 0 aliphatic carbocycles. The number of aliphatic hydroxyl groups excluding tert-OH is 1. The summed E-state index contributed by atoms with van der Waals surface area (Å²) in [5.74, 6) is -1.44. The van der Waals surface area contributed by atoms with E-state index in [1.807, 2.05) is 50.9 Å². The van der Waals surface area contributed by atoms with Crippen LogP contribution in [0, 0.1) is 17.7 Å². The topological polar surface area (TPSA) is 138 Å². The van der Waals surface area contributed by atoms with Gasteiger partial charge in [-0.1, -0.05) is 26.0 Å². The lowest BCUT2D eigenvalue weighted by Gasteiger charge is -2.35. The zero-order chi connectivity index (χ0) is 36.9. The van der Waals surface area contributed by atoms with E-state index < -0.39 is 40.1 Å². The fraction of sp³-hybridized carbons (Fsp3) is 0.583. The minimum absolute atomic E-state index is 0.104. The second-order valence-corrected chi connectivity index (χ2v) is 16.0. The van der Waals surface area contributed by atoms with Crippen molar-refractivity contribution < 1.29 is 37.0 Å². The Balaban J connectivity index is 1.32. The number of ether oxygens (including phenoxy) is 2. The fourth-order valence-electron chi connectivity index (χ4n) is 6.70. The number of piperazine rings is 2. The molecule has 2 aromatic rings.